The lowest BCUT2D eigenvalue weighted by Crippen LogP contribution is -2.28. The number of rotatable bonds is 7. The molecule has 0 atom stereocenters. The Kier molecular flexibility index (Phi) is 5.37. The van der Waals surface area contributed by atoms with Gasteiger partial charge in [-0.25, -0.2) is 4.98 Å². The molecule has 0 aliphatic carbocycles. The Bertz CT molecular complexity index is 869. The molecule has 0 aliphatic heterocycles. The van der Waals surface area contributed by atoms with E-state index in [4.69, 9.17) is 0 Å². The van der Waals surface area contributed by atoms with Crippen LogP contribution in [0.2, 0.25) is 0 Å². The van der Waals surface area contributed by atoms with E-state index < -0.39 is 0 Å². The van der Waals surface area contributed by atoms with Gasteiger partial charge in [0.1, 0.15) is 12.2 Å². The summed E-state index contributed by atoms with van der Waals surface area (Å²) in [5.41, 5.74) is 3.09. The van der Waals surface area contributed by atoms with Crippen molar-refractivity contribution in [2.24, 2.45) is 0 Å². The molecule has 2 N–H and O–H groups in total. The van der Waals surface area contributed by atoms with E-state index in [0.29, 0.717) is 24.8 Å². The lowest BCUT2D eigenvalue weighted by molar-refractivity contribution is -0.118. The van der Waals surface area contributed by atoms with Gasteiger partial charge in [-0.15, -0.1) is 10.2 Å². The van der Waals surface area contributed by atoms with Gasteiger partial charge in [0, 0.05) is 19.0 Å². The van der Waals surface area contributed by atoms with Gasteiger partial charge in [-0.1, -0.05) is 17.8 Å². The minimum Gasteiger partial charge on any atom is -0.355 e. The molecule has 0 bridgehead atoms. The normalized spacial score (nSPS) is 11.4. The summed E-state index contributed by atoms with van der Waals surface area (Å²) in [7, 11) is 0. The monoisotopic (exact) mass is 358 g/mol. The molecule has 2 heterocycles. The van der Waals surface area contributed by atoms with E-state index in [1.165, 1.54) is 17.3 Å². The number of hydrogen-bond acceptors (Lipinski definition) is 5. The fraction of sp³-hybridized carbons (Fsp3) is 0.412. The van der Waals surface area contributed by atoms with Gasteiger partial charge in [0.2, 0.25) is 5.91 Å². The third-order valence-electron chi connectivity index (χ3n) is 3.83. The number of nitrogens with zero attached hydrogens (tertiary/aromatic N) is 4. The Morgan fingerprint density at radius 1 is 1.40 bits per heavy atom. The highest BCUT2D eigenvalue weighted by atomic mass is 32.2. The van der Waals surface area contributed by atoms with Crippen LogP contribution in [0.3, 0.4) is 0 Å². The number of nitrogens with one attached hydrogen (secondary N) is 2. The van der Waals surface area contributed by atoms with E-state index >= 15 is 0 Å². The summed E-state index contributed by atoms with van der Waals surface area (Å²) in [6, 6.07) is 6.38. The van der Waals surface area contributed by atoms with Crippen LogP contribution in [-0.2, 0) is 11.2 Å². The highest BCUT2D eigenvalue weighted by Gasteiger charge is 2.09. The van der Waals surface area contributed by atoms with Crippen molar-refractivity contribution < 1.29 is 4.79 Å². The van der Waals surface area contributed by atoms with Gasteiger partial charge >= 0.3 is 0 Å². The fourth-order valence-electron chi connectivity index (χ4n) is 2.54. The highest BCUT2D eigenvalue weighted by Crippen LogP contribution is 2.20. The van der Waals surface area contributed by atoms with Gasteiger partial charge in [-0.05, 0) is 38.5 Å². The van der Waals surface area contributed by atoms with E-state index in [-0.39, 0.29) is 5.91 Å². The highest BCUT2D eigenvalue weighted by molar-refractivity contribution is 7.99. The van der Waals surface area contributed by atoms with Crippen LogP contribution in [-0.4, -0.2) is 42.9 Å². The molecule has 0 saturated heterocycles. The summed E-state index contributed by atoms with van der Waals surface area (Å²) >= 11 is 1.40. The zero-order chi connectivity index (χ0) is 17.8. The van der Waals surface area contributed by atoms with Crippen molar-refractivity contribution in [2.75, 3.05) is 12.3 Å². The van der Waals surface area contributed by atoms with Crippen LogP contribution in [0.5, 0.6) is 0 Å². The van der Waals surface area contributed by atoms with Crippen molar-refractivity contribution in [3.63, 3.8) is 0 Å². The number of aryl methyl sites for hydroxylation is 1. The van der Waals surface area contributed by atoms with Crippen molar-refractivity contribution in [1.82, 2.24) is 30.0 Å². The summed E-state index contributed by atoms with van der Waals surface area (Å²) in [4.78, 5) is 19.7. The summed E-state index contributed by atoms with van der Waals surface area (Å²) in [6.45, 7) is 6.75. The zero-order valence-electron chi connectivity index (χ0n) is 14.6. The van der Waals surface area contributed by atoms with Crippen molar-refractivity contribution in [1.29, 1.82) is 0 Å². The van der Waals surface area contributed by atoms with E-state index in [1.54, 1.807) is 6.33 Å². The molecule has 2 aromatic heterocycles. The first-order valence-corrected chi connectivity index (χ1v) is 9.25. The van der Waals surface area contributed by atoms with Gasteiger partial charge in [0.15, 0.2) is 5.16 Å². The molecule has 0 saturated carbocycles. The summed E-state index contributed by atoms with van der Waals surface area (Å²) in [6.07, 6.45) is 2.39. The van der Waals surface area contributed by atoms with Crippen LogP contribution in [0.1, 0.15) is 31.3 Å². The molecule has 3 rings (SSSR count). The molecule has 25 heavy (non-hydrogen) atoms. The number of H-pyrrole nitrogens is 1. The minimum atomic E-state index is -0.0164. The van der Waals surface area contributed by atoms with E-state index in [1.807, 2.05) is 23.6 Å². The maximum atomic E-state index is 12.0. The first-order valence-electron chi connectivity index (χ1n) is 8.27. The van der Waals surface area contributed by atoms with Crippen molar-refractivity contribution in [3.05, 3.63) is 35.9 Å². The summed E-state index contributed by atoms with van der Waals surface area (Å²) in [5, 5.41) is 11.7. The Balaban J connectivity index is 1.46. The first kappa shape index (κ1) is 17.5. The molecule has 0 fully saturated rings. The molecule has 0 spiro atoms. The van der Waals surface area contributed by atoms with Crippen molar-refractivity contribution >= 4 is 28.7 Å². The number of benzene rings is 1. The molecule has 1 amide bonds. The van der Waals surface area contributed by atoms with E-state index in [2.05, 4.69) is 45.4 Å². The molecule has 7 nitrogen and oxygen atoms in total. The largest absolute Gasteiger partial charge is 0.355 e. The smallest absolute Gasteiger partial charge is 0.230 e. The average molecular weight is 358 g/mol. The number of amides is 1. The third kappa shape index (κ3) is 4.39. The lowest BCUT2D eigenvalue weighted by atomic mass is 10.2. The van der Waals surface area contributed by atoms with Crippen LogP contribution in [0.25, 0.3) is 11.0 Å². The van der Waals surface area contributed by atoms with Gasteiger partial charge in [0.05, 0.1) is 16.8 Å². The predicted molar refractivity (Wildman–Crippen MR) is 98.7 cm³/mol. The Morgan fingerprint density at radius 2 is 2.24 bits per heavy atom. The second kappa shape index (κ2) is 7.69. The third-order valence-corrected chi connectivity index (χ3v) is 4.70. The Morgan fingerprint density at radius 3 is 3.04 bits per heavy atom. The standard InChI is InChI=1S/C17H22N6OS/c1-11(2)23-10-19-22-15(23)6-7-18-16(24)9-25-17-20-13-5-4-12(3)8-14(13)21-17/h4-5,8,10-11H,6-7,9H2,1-3H3,(H,18,24)(H,20,21). The molecule has 1 aromatic carbocycles. The number of carbonyl (C=O) groups excluding carboxylic acids is 1. The number of aromatic nitrogens is 5. The number of imidazole rings is 1. The second-order valence-corrected chi connectivity index (χ2v) is 7.16. The molecular weight excluding hydrogens is 336 g/mol. The molecule has 132 valence electrons. The van der Waals surface area contributed by atoms with Gasteiger partial charge in [-0.3, -0.25) is 4.79 Å². The quantitative estimate of drug-likeness (QED) is 0.634. The molecule has 0 aliphatic rings. The van der Waals surface area contributed by atoms with Crippen molar-refractivity contribution in [2.45, 2.75) is 38.4 Å². The number of hydrogen-bond donors (Lipinski definition) is 2. The molecule has 0 unspecified atom stereocenters. The number of carbonyl (C=O) groups is 1. The summed E-state index contributed by atoms with van der Waals surface area (Å²) < 4.78 is 2.01. The lowest BCUT2D eigenvalue weighted by Gasteiger charge is -2.10. The molecule has 8 heteroatoms. The van der Waals surface area contributed by atoms with E-state index in [0.717, 1.165) is 22.0 Å². The van der Waals surface area contributed by atoms with E-state index in [9.17, 15) is 4.79 Å². The van der Waals surface area contributed by atoms with Gasteiger partial charge in [0.25, 0.3) is 0 Å². The molecular formula is C17H22N6OS. The zero-order valence-corrected chi connectivity index (χ0v) is 15.4. The van der Waals surface area contributed by atoms with Gasteiger partial charge in [-0.2, -0.15) is 0 Å². The fourth-order valence-corrected chi connectivity index (χ4v) is 3.26. The summed E-state index contributed by atoms with van der Waals surface area (Å²) in [5.74, 6) is 1.20. The van der Waals surface area contributed by atoms with Crippen LogP contribution < -0.4 is 5.32 Å². The SMILES string of the molecule is Cc1ccc2nc(SCC(=O)NCCc3nncn3C(C)C)[nH]c2c1. The Hall–Kier alpha value is -2.35. The second-order valence-electron chi connectivity index (χ2n) is 6.20. The minimum absolute atomic E-state index is 0.0164. The average Bonchev–Trinajstić information content (AvgIpc) is 3.18. The van der Waals surface area contributed by atoms with Crippen LogP contribution in [0.4, 0.5) is 0 Å². The van der Waals surface area contributed by atoms with Crippen LogP contribution >= 0.6 is 11.8 Å². The van der Waals surface area contributed by atoms with Crippen LogP contribution in [0, 0.1) is 6.92 Å². The van der Waals surface area contributed by atoms with Gasteiger partial charge < -0.3 is 14.9 Å². The molecule has 0 radical (unpaired) electrons. The number of fused-ring (bicyclic) bond motifs is 1. The maximum absolute atomic E-state index is 12.0. The van der Waals surface area contributed by atoms with Crippen LogP contribution in [0.15, 0.2) is 29.7 Å². The number of aromatic amines is 1. The molecule has 3 aromatic rings. The van der Waals surface area contributed by atoms with Crippen molar-refractivity contribution in [3.8, 4) is 0 Å². The topological polar surface area (TPSA) is 88.5 Å². The Labute approximate surface area is 150 Å². The maximum Gasteiger partial charge on any atom is 0.230 e. The first-order chi connectivity index (χ1) is 12.0. The predicted octanol–water partition coefficient (Wildman–Crippen LogP) is 2.49. The number of thioether (sulfide) groups is 1.